The standard InChI is InChI=1S/C19H27N5O2/c1-13-9-14(2)24-18(20-13)10-17(21-24)19(26)23-7-6-22(11-15-3-4-15)16(12-23)5-8-25/h9-10,15-16,25H,3-8,11-12H2,1-2H3/t16-/m0/s1. The Labute approximate surface area is 153 Å². The molecule has 1 saturated carbocycles. The Kier molecular flexibility index (Phi) is 4.67. The second-order valence-electron chi connectivity index (χ2n) is 7.69. The van der Waals surface area contributed by atoms with Crippen LogP contribution in [-0.4, -0.2) is 74.2 Å². The number of fused-ring (bicyclic) bond motifs is 1. The minimum absolute atomic E-state index is 0.0402. The molecular weight excluding hydrogens is 330 g/mol. The van der Waals surface area contributed by atoms with Gasteiger partial charge in [0, 0.05) is 56.3 Å². The molecule has 0 aromatic carbocycles. The average molecular weight is 357 g/mol. The summed E-state index contributed by atoms with van der Waals surface area (Å²) in [6.45, 7) is 7.42. The van der Waals surface area contributed by atoms with Gasteiger partial charge in [0.05, 0.1) is 0 Å². The fourth-order valence-corrected chi connectivity index (χ4v) is 3.93. The van der Waals surface area contributed by atoms with Crippen molar-refractivity contribution in [1.29, 1.82) is 0 Å². The maximum absolute atomic E-state index is 13.0. The van der Waals surface area contributed by atoms with Gasteiger partial charge < -0.3 is 10.0 Å². The number of piperazine rings is 1. The molecule has 1 aliphatic heterocycles. The van der Waals surface area contributed by atoms with E-state index >= 15 is 0 Å². The number of carbonyl (C=O) groups is 1. The third-order valence-electron chi connectivity index (χ3n) is 5.50. The number of aliphatic hydroxyl groups is 1. The minimum Gasteiger partial charge on any atom is -0.396 e. The molecule has 2 fully saturated rings. The SMILES string of the molecule is Cc1cc(C)n2nc(C(=O)N3CCN(CC4CC4)[C@@H](CCO)C3)cc2n1. The fourth-order valence-electron chi connectivity index (χ4n) is 3.93. The van der Waals surface area contributed by atoms with E-state index in [1.807, 2.05) is 24.8 Å². The van der Waals surface area contributed by atoms with Crippen molar-refractivity contribution in [2.45, 2.75) is 39.2 Å². The van der Waals surface area contributed by atoms with Crippen LogP contribution >= 0.6 is 0 Å². The smallest absolute Gasteiger partial charge is 0.274 e. The van der Waals surface area contributed by atoms with Gasteiger partial charge in [0.15, 0.2) is 11.3 Å². The molecule has 2 aromatic rings. The van der Waals surface area contributed by atoms with Crippen LogP contribution in [0.15, 0.2) is 12.1 Å². The molecule has 26 heavy (non-hydrogen) atoms. The topological polar surface area (TPSA) is 74.0 Å². The molecule has 0 unspecified atom stereocenters. The van der Waals surface area contributed by atoms with Gasteiger partial charge >= 0.3 is 0 Å². The number of nitrogens with zero attached hydrogens (tertiary/aromatic N) is 5. The van der Waals surface area contributed by atoms with E-state index in [1.54, 1.807) is 10.6 Å². The molecule has 1 saturated heterocycles. The lowest BCUT2D eigenvalue weighted by Crippen LogP contribution is -2.55. The van der Waals surface area contributed by atoms with E-state index in [1.165, 1.54) is 12.8 Å². The zero-order valence-electron chi connectivity index (χ0n) is 15.6. The van der Waals surface area contributed by atoms with Crippen LogP contribution in [0.25, 0.3) is 5.65 Å². The van der Waals surface area contributed by atoms with Crippen molar-refractivity contribution in [1.82, 2.24) is 24.4 Å². The van der Waals surface area contributed by atoms with Crippen LogP contribution in [-0.2, 0) is 0 Å². The summed E-state index contributed by atoms with van der Waals surface area (Å²) in [6, 6.07) is 3.97. The Morgan fingerprint density at radius 2 is 2.08 bits per heavy atom. The van der Waals surface area contributed by atoms with Crippen LogP contribution in [0, 0.1) is 19.8 Å². The second-order valence-corrected chi connectivity index (χ2v) is 7.69. The molecule has 0 bridgehead atoms. The Morgan fingerprint density at radius 3 is 2.81 bits per heavy atom. The van der Waals surface area contributed by atoms with Crippen LogP contribution < -0.4 is 0 Å². The summed E-state index contributed by atoms with van der Waals surface area (Å²) in [6.07, 6.45) is 3.34. The lowest BCUT2D eigenvalue weighted by molar-refractivity contribution is 0.0402. The molecule has 3 heterocycles. The number of hydrogen-bond acceptors (Lipinski definition) is 5. The van der Waals surface area contributed by atoms with Gasteiger partial charge in [-0.25, -0.2) is 9.50 Å². The number of amides is 1. The van der Waals surface area contributed by atoms with Gasteiger partial charge in [-0.05, 0) is 45.1 Å². The normalized spacial score (nSPS) is 21.5. The maximum atomic E-state index is 13.0. The largest absolute Gasteiger partial charge is 0.396 e. The molecule has 1 aliphatic carbocycles. The van der Waals surface area contributed by atoms with E-state index in [9.17, 15) is 9.90 Å². The fraction of sp³-hybridized carbons (Fsp3) is 0.632. The highest BCUT2D eigenvalue weighted by Crippen LogP contribution is 2.31. The summed E-state index contributed by atoms with van der Waals surface area (Å²) < 4.78 is 1.73. The van der Waals surface area contributed by atoms with Crippen molar-refractivity contribution in [3.63, 3.8) is 0 Å². The lowest BCUT2D eigenvalue weighted by Gasteiger charge is -2.41. The highest BCUT2D eigenvalue weighted by molar-refractivity contribution is 5.93. The van der Waals surface area contributed by atoms with Gasteiger partial charge in [0.2, 0.25) is 0 Å². The number of hydrogen-bond donors (Lipinski definition) is 1. The Hall–Kier alpha value is -1.99. The van der Waals surface area contributed by atoms with Gasteiger partial charge in [-0.2, -0.15) is 5.10 Å². The molecule has 140 valence electrons. The summed E-state index contributed by atoms with van der Waals surface area (Å²) in [4.78, 5) is 21.8. The molecule has 1 atom stereocenters. The van der Waals surface area contributed by atoms with Crippen LogP contribution in [0.1, 0.15) is 41.1 Å². The third kappa shape index (κ3) is 3.46. The highest BCUT2D eigenvalue weighted by Gasteiger charge is 2.34. The molecule has 2 aliphatic rings. The van der Waals surface area contributed by atoms with Gasteiger partial charge in [-0.3, -0.25) is 9.69 Å². The van der Waals surface area contributed by atoms with Crippen LogP contribution in [0.2, 0.25) is 0 Å². The zero-order valence-corrected chi connectivity index (χ0v) is 15.6. The molecule has 4 rings (SSSR count). The average Bonchev–Trinajstić information content (AvgIpc) is 3.32. The number of aliphatic hydroxyl groups excluding tert-OH is 1. The van der Waals surface area contributed by atoms with Gasteiger partial charge in [0.25, 0.3) is 5.91 Å². The molecule has 2 aromatic heterocycles. The predicted molar refractivity (Wildman–Crippen MR) is 98.2 cm³/mol. The number of aryl methyl sites for hydroxylation is 2. The van der Waals surface area contributed by atoms with Crippen LogP contribution in [0.5, 0.6) is 0 Å². The Balaban J connectivity index is 1.51. The minimum atomic E-state index is -0.0402. The van der Waals surface area contributed by atoms with Crippen LogP contribution in [0.3, 0.4) is 0 Å². The first-order chi connectivity index (χ1) is 12.5. The summed E-state index contributed by atoms with van der Waals surface area (Å²) in [7, 11) is 0. The van der Waals surface area contributed by atoms with Crippen molar-refractivity contribution in [3.05, 3.63) is 29.2 Å². The lowest BCUT2D eigenvalue weighted by atomic mass is 10.1. The van der Waals surface area contributed by atoms with Crippen molar-refractivity contribution in [2.75, 3.05) is 32.8 Å². The molecule has 1 amide bonds. The van der Waals surface area contributed by atoms with Gasteiger partial charge in [0.1, 0.15) is 0 Å². The molecular formula is C19H27N5O2. The third-order valence-corrected chi connectivity index (χ3v) is 5.50. The van der Waals surface area contributed by atoms with E-state index in [0.717, 1.165) is 30.4 Å². The van der Waals surface area contributed by atoms with E-state index in [-0.39, 0.29) is 18.6 Å². The maximum Gasteiger partial charge on any atom is 0.274 e. The number of aromatic nitrogens is 3. The molecule has 7 heteroatoms. The van der Waals surface area contributed by atoms with Crippen molar-refractivity contribution in [2.24, 2.45) is 5.92 Å². The molecule has 0 spiro atoms. The van der Waals surface area contributed by atoms with Gasteiger partial charge in [-0.1, -0.05) is 0 Å². The highest BCUT2D eigenvalue weighted by atomic mass is 16.3. The summed E-state index contributed by atoms with van der Waals surface area (Å²) in [5.74, 6) is 0.774. The summed E-state index contributed by atoms with van der Waals surface area (Å²) in [5, 5.41) is 13.9. The zero-order chi connectivity index (χ0) is 18.3. The Morgan fingerprint density at radius 1 is 1.27 bits per heavy atom. The first-order valence-corrected chi connectivity index (χ1v) is 9.53. The summed E-state index contributed by atoms with van der Waals surface area (Å²) in [5.41, 5.74) is 3.05. The Bertz CT molecular complexity index is 814. The van der Waals surface area contributed by atoms with E-state index in [0.29, 0.717) is 30.9 Å². The quantitative estimate of drug-likeness (QED) is 0.872. The van der Waals surface area contributed by atoms with E-state index < -0.39 is 0 Å². The number of rotatable bonds is 5. The predicted octanol–water partition coefficient (Wildman–Crippen LogP) is 1.26. The molecule has 7 nitrogen and oxygen atoms in total. The second kappa shape index (κ2) is 6.96. The molecule has 0 radical (unpaired) electrons. The first-order valence-electron chi connectivity index (χ1n) is 9.53. The van der Waals surface area contributed by atoms with Crippen molar-refractivity contribution in [3.8, 4) is 0 Å². The molecule has 1 N–H and O–H groups in total. The monoisotopic (exact) mass is 357 g/mol. The van der Waals surface area contributed by atoms with E-state index in [2.05, 4.69) is 15.0 Å². The van der Waals surface area contributed by atoms with E-state index in [4.69, 9.17) is 0 Å². The van der Waals surface area contributed by atoms with Crippen molar-refractivity contribution >= 4 is 11.6 Å². The summed E-state index contributed by atoms with van der Waals surface area (Å²) >= 11 is 0. The van der Waals surface area contributed by atoms with Gasteiger partial charge in [-0.15, -0.1) is 0 Å². The first kappa shape index (κ1) is 17.4. The number of carbonyl (C=O) groups excluding carboxylic acids is 1. The van der Waals surface area contributed by atoms with Crippen LogP contribution in [0.4, 0.5) is 0 Å². The van der Waals surface area contributed by atoms with Crippen molar-refractivity contribution < 1.29 is 9.90 Å².